The molecule has 88 valence electrons. The summed E-state index contributed by atoms with van der Waals surface area (Å²) in [7, 11) is -3.18. The Bertz CT molecular complexity index is 498. The van der Waals surface area contributed by atoms with Crippen LogP contribution in [0.4, 0.5) is 4.39 Å². The molecule has 5 heteroatoms. The third kappa shape index (κ3) is 1.97. The Labute approximate surface area is 93.8 Å². The molecule has 3 atom stereocenters. The lowest BCUT2D eigenvalue weighted by Gasteiger charge is -1.99. The molecule has 0 radical (unpaired) electrons. The Morgan fingerprint density at radius 3 is 2.56 bits per heavy atom. The van der Waals surface area contributed by atoms with Crippen LogP contribution in [0.1, 0.15) is 11.5 Å². The van der Waals surface area contributed by atoms with Crippen LogP contribution < -0.4 is 0 Å². The van der Waals surface area contributed by atoms with Gasteiger partial charge < -0.3 is 5.11 Å². The van der Waals surface area contributed by atoms with E-state index in [1.807, 2.05) is 0 Å². The quantitative estimate of drug-likeness (QED) is 0.861. The maximum absolute atomic E-state index is 13.0. The molecule has 1 aliphatic rings. The van der Waals surface area contributed by atoms with Gasteiger partial charge in [0, 0.05) is 24.7 Å². The predicted octanol–water partition coefficient (Wildman–Crippen LogP) is 0.945. The van der Waals surface area contributed by atoms with Crippen LogP contribution in [0.25, 0.3) is 0 Å². The number of rotatable bonds is 3. The van der Waals surface area contributed by atoms with E-state index in [-0.39, 0.29) is 24.3 Å². The summed E-state index contributed by atoms with van der Waals surface area (Å²) in [5.74, 6) is -0.944. The van der Waals surface area contributed by atoms with Crippen molar-refractivity contribution < 1.29 is 17.9 Å². The smallest absolute Gasteiger partial charge is 0.151 e. The van der Waals surface area contributed by atoms with Crippen molar-refractivity contribution in [3.63, 3.8) is 0 Å². The molecule has 0 saturated heterocycles. The van der Waals surface area contributed by atoms with Gasteiger partial charge in [-0.25, -0.2) is 12.8 Å². The number of sulfone groups is 1. The number of hydrogen-bond donors (Lipinski definition) is 1. The molecule has 1 fully saturated rings. The van der Waals surface area contributed by atoms with Gasteiger partial charge in [0.2, 0.25) is 0 Å². The first-order valence-corrected chi connectivity index (χ1v) is 6.96. The van der Waals surface area contributed by atoms with Crippen molar-refractivity contribution in [2.24, 2.45) is 5.92 Å². The van der Waals surface area contributed by atoms with Gasteiger partial charge in [0.05, 0.1) is 5.25 Å². The minimum absolute atomic E-state index is 0.182. The highest BCUT2D eigenvalue weighted by molar-refractivity contribution is 7.91. The van der Waals surface area contributed by atoms with Crippen molar-refractivity contribution in [2.75, 3.05) is 12.9 Å². The Balaban J connectivity index is 2.30. The van der Waals surface area contributed by atoms with E-state index in [0.717, 1.165) is 6.26 Å². The topological polar surface area (TPSA) is 54.4 Å². The molecule has 0 heterocycles. The van der Waals surface area contributed by atoms with E-state index in [1.54, 1.807) is 12.1 Å². The van der Waals surface area contributed by atoms with Crippen LogP contribution in [0.15, 0.2) is 24.3 Å². The first-order chi connectivity index (χ1) is 7.45. The average molecular weight is 244 g/mol. The number of halogens is 1. The lowest BCUT2D eigenvalue weighted by molar-refractivity contribution is 0.274. The van der Waals surface area contributed by atoms with Crippen LogP contribution in [0, 0.1) is 11.7 Å². The van der Waals surface area contributed by atoms with Crippen LogP contribution in [-0.2, 0) is 9.84 Å². The number of hydrogen-bond acceptors (Lipinski definition) is 3. The second-order valence-electron chi connectivity index (χ2n) is 4.22. The standard InChI is InChI=1S/C11H13FO3S/c1-16(14,15)11-9(6-13)10(11)7-3-2-4-8(12)5-7/h2-5,9-11,13H,6H2,1H3/t9-,10-,11-/m1/s1. The number of aliphatic hydroxyl groups is 1. The minimum Gasteiger partial charge on any atom is -0.396 e. The average Bonchev–Trinajstić information content (AvgIpc) is 2.91. The first-order valence-electron chi connectivity index (χ1n) is 5.00. The fourth-order valence-corrected chi connectivity index (χ4v) is 3.99. The maximum Gasteiger partial charge on any atom is 0.151 e. The molecule has 0 aromatic heterocycles. The molecule has 0 amide bonds. The lowest BCUT2D eigenvalue weighted by Crippen LogP contribution is -2.08. The Morgan fingerprint density at radius 2 is 2.12 bits per heavy atom. The van der Waals surface area contributed by atoms with Crippen molar-refractivity contribution in [1.29, 1.82) is 0 Å². The molecule has 1 saturated carbocycles. The molecule has 0 unspecified atom stereocenters. The highest BCUT2D eigenvalue weighted by atomic mass is 32.2. The van der Waals surface area contributed by atoms with Crippen molar-refractivity contribution in [3.05, 3.63) is 35.6 Å². The SMILES string of the molecule is CS(=O)(=O)[C@@H]1[C@H](CO)[C@H]1c1cccc(F)c1. The third-order valence-corrected chi connectivity index (χ3v) is 4.67. The van der Waals surface area contributed by atoms with Crippen molar-refractivity contribution in [3.8, 4) is 0 Å². The van der Waals surface area contributed by atoms with Gasteiger partial charge in [0.15, 0.2) is 9.84 Å². The summed E-state index contributed by atoms with van der Waals surface area (Å²) in [4.78, 5) is 0. The molecule has 0 aliphatic heterocycles. The first kappa shape index (κ1) is 11.5. The Kier molecular flexibility index (Phi) is 2.75. The summed E-state index contributed by atoms with van der Waals surface area (Å²) < 4.78 is 35.9. The van der Waals surface area contributed by atoms with E-state index >= 15 is 0 Å². The molecule has 1 N–H and O–H groups in total. The van der Waals surface area contributed by atoms with Crippen molar-refractivity contribution in [1.82, 2.24) is 0 Å². The van der Waals surface area contributed by atoms with E-state index < -0.39 is 15.1 Å². The summed E-state index contributed by atoms with van der Waals surface area (Å²) in [6, 6.07) is 5.89. The van der Waals surface area contributed by atoms with E-state index in [2.05, 4.69) is 0 Å². The Hall–Kier alpha value is -0.940. The Morgan fingerprint density at radius 1 is 1.44 bits per heavy atom. The summed E-state index contributed by atoms with van der Waals surface area (Å²) in [6.45, 7) is -0.182. The van der Waals surface area contributed by atoms with Crippen LogP contribution >= 0.6 is 0 Å². The zero-order valence-electron chi connectivity index (χ0n) is 8.80. The van der Waals surface area contributed by atoms with Gasteiger partial charge in [0.1, 0.15) is 5.82 Å². The summed E-state index contributed by atoms with van der Waals surface area (Å²) >= 11 is 0. The molecule has 1 aliphatic carbocycles. The number of benzene rings is 1. The monoisotopic (exact) mass is 244 g/mol. The highest BCUT2D eigenvalue weighted by Gasteiger charge is 2.56. The van der Waals surface area contributed by atoms with E-state index in [9.17, 15) is 12.8 Å². The predicted molar refractivity (Wildman–Crippen MR) is 58.3 cm³/mol. The minimum atomic E-state index is -3.18. The highest BCUT2D eigenvalue weighted by Crippen LogP contribution is 2.51. The normalized spacial score (nSPS) is 29.1. The lowest BCUT2D eigenvalue weighted by atomic mass is 10.1. The zero-order chi connectivity index (χ0) is 11.9. The molecule has 1 aromatic rings. The van der Waals surface area contributed by atoms with Gasteiger partial charge >= 0.3 is 0 Å². The summed E-state index contributed by atoms with van der Waals surface area (Å²) in [6.07, 6.45) is 1.15. The fourth-order valence-electron chi connectivity index (χ4n) is 2.29. The van der Waals surface area contributed by atoms with Crippen molar-refractivity contribution in [2.45, 2.75) is 11.2 Å². The maximum atomic E-state index is 13.0. The van der Waals surface area contributed by atoms with Crippen LogP contribution in [-0.4, -0.2) is 31.6 Å². The molecule has 0 bridgehead atoms. The van der Waals surface area contributed by atoms with Gasteiger partial charge in [-0.15, -0.1) is 0 Å². The van der Waals surface area contributed by atoms with Gasteiger partial charge in [0.25, 0.3) is 0 Å². The zero-order valence-corrected chi connectivity index (χ0v) is 9.61. The van der Waals surface area contributed by atoms with Gasteiger partial charge in [-0.2, -0.15) is 0 Å². The van der Waals surface area contributed by atoms with Gasteiger partial charge in [-0.3, -0.25) is 0 Å². The summed E-state index contributed by atoms with van der Waals surface area (Å²) in [5.41, 5.74) is 0.648. The molecule has 1 aromatic carbocycles. The van der Waals surface area contributed by atoms with Crippen LogP contribution in [0.5, 0.6) is 0 Å². The van der Waals surface area contributed by atoms with E-state index in [4.69, 9.17) is 5.11 Å². The molecule has 0 spiro atoms. The number of aliphatic hydroxyl groups excluding tert-OH is 1. The molecule has 16 heavy (non-hydrogen) atoms. The second-order valence-corrected chi connectivity index (χ2v) is 6.42. The molecular weight excluding hydrogens is 231 g/mol. The fraction of sp³-hybridized carbons (Fsp3) is 0.455. The summed E-state index contributed by atoms with van der Waals surface area (Å²) in [5, 5.41) is 8.51. The third-order valence-electron chi connectivity index (χ3n) is 3.04. The van der Waals surface area contributed by atoms with Gasteiger partial charge in [-0.1, -0.05) is 12.1 Å². The van der Waals surface area contributed by atoms with Crippen LogP contribution in [0.3, 0.4) is 0 Å². The van der Waals surface area contributed by atoms with Crippen molar-refractivity contribution >= 4 is 9.84 Å². The van der Waals surface area contributed by atoms with Crippen LogP contribution in [0.2, 0.25) is 0 Å². The molecule has 3 nitrogen and oxygen atoms in total. The van der Waals surface area contributed by atoms with E-state index in [0.29, 0.717) is 5.56 Å². The molecule has 2 rings (SSSR count). The van der Waals surface area contributed by atoms with E-state index in [1.165, 1.54) is 12.1 Å². The molecular formula is C11H13FO3S. The largest absolute Gasteiger partial charge is 0.396 e. The second kappa shape index (κ2) is 3.82. The van der Waals surface area contributed by atoms with Gasteiger partial charge in [-0.05, 0) is 17.7 Å².